The molecule has 0 radical (unpaired) electrons. The molecule has 0 fully saturated rings. The number of benzene rings is 1. The van der Waals surface area contributed by atoms with E-state index in [2.05, 4.69) is 20.3 Å². The number of para-hydroxylation sites is 1. The number of anilines is 1. The number of aryl methyl sites for hydroxylation is 1. The summed E-state index contributed by atoms with van der Waals surface area (Å²) in [4.78, 5) is 23.6. The van der Waals surface area contributed by atoms with Crippen LogP contribution in [0.15, 0.2) is 47.4 Å². The summed E-state index contributed by atoms with van der Waals surface area (Å²) in [7, 11) is 0. The highest BCUT2D eigenvalue weighted by atomic mass is 32.1. The summed E-state index contributed by atoms with van der Waals surface area (Å²) in [6, 6.07) is 10.9. The van der Waals surface area contributed by atoms with Gasteiger partial charge in [0.05, 0.1) is 10.9 Å². The molecule has 3 rings (SSSR count). The highest BCUT2D eigenvalue weighted by Crippen LogP contribution is 2.08. The number of pyridine rings is 1. The van der Waals surface area contributed by atoms with E-state index in [0.717, 1.165) is 5.56 Å². The zero-order valence-electron chi connectivity index (χ0n) is 11.3. The van der Waals surface area contributed by atoms with Crippen molar-refractivity contribution in [1.82, 2.24) is 15.0 Å². The summed E-state index contributed by atoms with van der Waals surface area (Å²) in [6.45, 7) is 1.96. The van der Waals surface area contributed by atoms with E-state index in [-0.39, 0.29) is 5.56 Å². The molecule has 104 valence electrons. The van der Waals surface area contributed by atoms with Gasteiger partial charge < -0.3 is 10.3 Å². The van der Waals surface area contributed by atoms with Crippen molar-refractivity contribution in [2.24, 2.45) is 0 Å². The average Bonchev–Trinajstić information content (AvgIpc) is 2.49. The molecular formula is C15H12N4OS. The number of fused-ring (bicyclic) bond motifs is 1. The largest absolute Gasteiger partial charge is 0.328 e. The lowest BCUT2D eigenvalue weighted by Gasteiger charge is -2.07. The second kappa shape index (κ2) is 5.41. The van der Waals surface area contributed by atoms with Gasteiger partial charge >= 0.3 is 0 Å². The molecule has 0 spiro atoms. The Morgan fingerprint density at radius 2 is 2.05 bits per heavy atom. The first-order valence-electron chi connectivity index (χ1n) is 6.36. The summed E-state index contributed by atoms with van der Waals surface area (Å²) in [5, 5.41) is 3.50. The van der Waals surface area contributed by atoms with Crippen LogP contribution in [0, 0.1) is 6.92 Å². The summed E-state index contributed by atoms with van der Waals surface area (Å²) in [6.07, 6.45) is 1.74. The van der Waals surface area contributed by atoms with E-state index in [4.69, 9.17) is 12.2 Å². The molecule has 6 heteroatoms. The molecule has 0 aliphatic carbocycles. The van der Waals surface area contributed by atoms with Crippen molar-refractivity contribution in [3.05, 3.63) is 64.3 Å². The van der Waals surface area contributed by atoms with Crippen molar-refractivity contribution in [3.63, 3.8) is 0 Å². The van der Waals surface area contributed by atoms with Gasteiger partial charge in [-0.2, -0.15) is 0 Å². The third-order valence-corrected chi connectivity index (χ3v) is 3.28. The molecule has 2 N–H and O–H groups in total. The first kappa shape index (κ1) is 13.4. The predicted octanol–water partition coefficient (Wildman–Crippen LogP) is 2.41. The van der Waals surface area contributed by atoms with Crippen LogP contribution >= 0.6 is 12.2 Å². The normalized spacial score (nSPS) is 10.5. The quantitative estimate of drug-likeness (QED) is 0.711. The number of hydrogen-bond acceptors (Lipinski definition) is 4. The van der Waals surface area contributed by atoms with Crippen LogP contribution in [-0.2, 0) is 0 Å². The first-order chi connectivity index (χ1) is 10.1. The molecule has 1 aromatic carbocycles. The van der Waals surface area contributed by atoms with Crippen LogP contribution < -0.4 is 10.9 Å². The van der Waals surface area contributed by atoms with Gasteiger partial charge in [0.15, 0.2) is 5.82 Å². The summed E-state index contributed by atoms with van der Waals surface area (Å²) in [5.41, 5.74) is 1.46. The molecule has 2 aromatic heterocycles. The number of nitrogens with zero attached hydrogens (tertiary/aromatic N) is 2. The Labute approximate surface area is 126 Å². The minimum absolute atomic E-state index is 0.211. The lowest BCUT2D eigenvalue weighted by Crippen LogP contribution is -2.20. The van der Waals surface area contributed by atoms with Crippen molar-refractivity contribution in [2.45, 2.75) is 6.92 Å². The van der Waals surface area contributed by atoms with E-state index in [1.807, 2.05) is 25.1 Å². The van der Waals surface area contributed by atoms with Crippen molar-refractivity contribution in [3.8, 4) is 0 Å². The lowest BCUT2D eigenvalue weighted by atomic mass is 10.2. The van der Waals surface area contributed by atoms with Gasteiger partial charge in [0, 0.05) is 6.20 Å². The molecule has 0 bridgehead atoms. The number of aromatic amines is 1. The van der Waals surface area contributed by atoms with Crippen molar-refractivity contribution in [2.75, 3.05) is 5.32 Å². The van der Waals surface area contributed by atoms with Crippen LogP contribution in [-0.4, -0.2) is 19.9 Å². The smallest absolute Gasteiger partial charge is 0.259 e. The zero-order valence-corrected chi connectivity index (χ0v) is 12.1. The molecular weight excluding hydrogens is 284 g/mol. The number of nitrogens with one attached hydrogen (secondary N) is 2. The Kier molecular flexibility index (Phi) is 3.45. The SMILES string of the molecule is Cc1ccc(NC(=S)c2nc3ccccc3c(=O)[nH]2)nc1. The van der Waals surface area contributed by atoms with Gasteiger partial charge in [0.1, 0.15) is 10.8 Å². The van der Waals surface area contributed by atoms with Gasteiger partial charge in [0.25, 0.3) is 5.56 Å². The van der Waals surface area contributed by atoms with E-state index >= 15 is 0 Å². The monoisotopic (exact) mass is 296 g/mol. The van der Waals surface area contributed by atoms with E-state index in [1.165, 1.54) is 0 Å². The first-order valence-corrected chi connectivity index (χ1v) is 6.77. The fraction of sp³-hybridized carbons (Fsp3) is 0.0667. The predicted molar refractivity (Wildman–Crippen MR) is 86.7 cm³/mol. The topological polar surface area (TPSA) is 70.7 Å². The highest BCUT2D eigenvalue weighted by Gasteiger charge is 2.08. The third kappa shape index (κ3) is 2.80. The molecule has 0 aliphatic rings. The summed E-state index contributed by atoms with van der Waals surface area (Å²) < 4.78 is 0. The van der Waals surface area contributed by atoms with Crippen LogP contribution in [0.1, 0.15) is 11.4 Å². The van der Waals surface area contributed by atoms with Crippen molar-refractivity contribution < 1.29 is 0 Å². The molecule has 0 saturated carbocycles. The maximum absolute atomic E-state index is 12.0. The van der Waals surface area contributed by atoms with Gasteiger partial charge in [-0.05, 0) is 30.7 Å². The number of rotatable bonds is 2. The van der Waals surface area contributed by atoms with Crippen LogP contribution in [0.3, 0.4) is 0 Å². The highest BCUT2D eigenvalue weighted by molar-refractivity contribution is 7.81. The van der Waals surface area contributed by atoms with Crippen LogP contribution in [0.25, 0.3) is 10.9 Å². The Morgan fingerprint density at radius 1 is 1.24 bits per heavy atom. The fourth-order valence-electron chi connectivity index (χ4n) is 1.91. The van der Waals surface area contributed by atoms with Crippen LogP contribution in [0.2, 0.25) is 0 Å². The zero-order chi connectivity index (χ0) is 14.8. The van der Waals surface area contributed by atoms with Gasteiger partial charge in [0.2, 0.25) is 0 Å². The minimum Gasteiger partial charge on any atom is -0.328 e. The number of thiocarbonyl (C=S) groups is 1. The Morgan fingerprint density at radius 3 is 2.81 bits per heavy atom. The maximum Gasteiger partial charge on any atom is 0.259 e. The lowest BCUT2D eigenvalue weighted by molar-refractivity contribution is 1.14. The Balaban J connectivity index is 1.94. The van der Waals surface area contributed by atoms with E-state index in [0.29, 0.717) is 27.5 Å². The third-order valence-electron chi connectivity index (χ3n) is 2.98. The molecule has 0 atom stereocenters. The van der Waals surface area contributed by atoms with Gasteiger partial charge in [-0.1, -0.05) is 30.4 Å². The van der Waals surface area contributed by atoms with Crippen molar-refractivity contribution >= 4 is 33.9 Å². The average molecular weight is 296 g/mol. The molecule has 2 heterocycles. The Bertz CT molecular complexity index is 871. The van der Waals surface area contributed by atoms with Crippen molar-refractivity contribution in [1.29, 1.82) is 0 Å². The maximum atomic E-state index is 12.0. The molecule has 21 heavy (non-hydrogen) atoms. The fourth-order valence-corrected chi connectivity index (χ4v) is 2.11. The number of aromatic nitrogens is 3. The second-order valence-electron chi connectivity index (χ2n) is 4.61. The molecule has 0 amide bonds. The molecule has 0 aliphatic heterocycles. The number of H-pyrrole nitrogens is 1. The molecule has 0 saturated heterocycles. The van der Waals surface area contributed by atoms with Gasteiger partial charge in [-0.3, -0.25) is 4.79 Å². The summed E-state index contributed by atoms with van der Waals surface area (Å²) in [5.74, 6) is 0.942. The molecule has 5 nitrogen and oxygen atoms in total. The van der Waals surface area contributed by atoms with Crippen LogP contribution in [0.4, 0.5) is 5.82 Å². The Hall–Kier alpha value is -2.60. The van der Waals surface area contributed by atoms with E-state index in [9.17, 15) is 4.79 Å². The standard InChI is InChI=1S/C15H12N4OS/c1-9-6-7-12(16-8-9)18-15(21)13-17-11-5-3-2-4-10(11)14(20)19-13/h2-8H,1H3,(H,16,18,21)(H,17,19,20). The molecule has 3 aromatic rings. The molecule has 0 unspecified atom stereocenters. The summed E-state index contributed by atoms with van der Waals surface area (Å²) >= 11 is 5.27. The van der Waals surface area contributed by atoms with E-state index in [1.54, 1.807) is 24.4 Å². The minimum atomic E-state index is -0.211. The van der Waals surface area contributed by atoms with E-state index < -0.39 is 0 Å². The second-order valence-corrected chi connectivity index (χ2v) is 5.01. The number of hydrogen-bond donors (Lipinski definition) is 2. The van der Waals surface area contributed by atoms with Gasteiger partial charge in [-0.15, -0.1) is 0 Å². The van der Waals surface area contributed by atoms with Crippen LogP contribution in [0.5, 0.6) is 0 Å². The van der Waals surface area contributed by atoms with Gasteiger partial charge in [-0.25, -0.2) is 9.97 Å².